The van der Waals surface area contributed by atoms with E-state index < -0.39 is 30.1 Å². The average Bonchev–Trinajstić information content (AvgIpc) is 2.57. The maximum absolute atomic E-state index is 13.0. The Morgan fingerprint density at radius 3 is 2.64 bits per heavy atom. The predicted molar refractivity (Wildman–Crippen MR) is 80.2 cm³/mol. The lowest BCUT2D eigenvalue weighted by Crippen LogP contribution is -2.66. The second-order valence-electron chi connectivity index (χ2n) is 5.99. The SMILES string of the molecule is O=C1NCC(=O)N2CCN(C(=O)Cc3ccccc3C(F)(F)F)C[C@@H]12. The van der Waals surface area contributed by atoms with Gasteiger partial charge in [-0.25, -0.2) is 0 Å². The molecule has 2 heterocycles. The lowest BCUT2D eigenvalue weighted by atomic mass is 10.0. The van der Waals surface area contributed by atoms with Crippen LogP contribution in [0, 0.1) is 0 Å². The molecule has 0 saturated carbocycles. The van der Waals surface area contributed by atoms with Crippen LogP contribution < -0.4 is 5.32 Å². The van der Waals surface area contributed by atoms with E-state index >= 15 is 0 Å². The zero-order valence-corrected chi connectivity index (χ0v) is 13.2. The van der Waals surface area contributed by atoms with Gasteiger partial charge in [-0.15, -0.1) is 0 Å². The molecule has 134 valence electrons. The van der Waals surface area contributed by atoms with Gasteiger partial charge in [0.15, 0.2) is 0 Å². The van der Waals surface area contributed by atoms with Crippen molar-refractivity contribution in [2.45, 2.75) is 18.6 Å². The summed E-state index contributed by atoms with van der Waals surface area (Å²) in [5.41, 5.74) is -0.945. The van der Waals surface area contributed by atoms with Gasteiger partial charge in [-0.3, -0.25) is 14.4 Å². The van der Waals surface area contributed by atoms with E-state index in [-0.39, 0.29) is 43.6 Å². The van der Waals surface area contributed by atoms with Gasteiger partial charge in [-0.05, 0) is 11.6 Å². The summed E-state index contributed by atoms with van der Waals surface area (Å²) >= 11 is 0. The molecule has 0 bridgehead atoms. The molecule has 2 fully saturated rings. The second-order valence-corrected chi connectivity index (χ2v) is 5.99. The Kier molecular flexibility index (Phi) is 4.40. The summed E-state index contributed by atoms with van der Waals surface area (Å²) in [6.45, 7) is 0.318. The Morgan fingerprint density at radius 1 is 1.20 bits per heavy atom. The first kappa shape index (κ1) is 17.2. The third kappa shape index (κ3) is 3.45. The molecule has 1 atom stereocenters. The number of fused-ring (bicyclic) bond motifs is 1. The molecular weight excluding hydrogens is 339 g/mol. The molecule has 0 aromatic heterocycles. The number of hydrogen-bond donors (Lipinski definition) is 1. The van der Waals surface area contributed by atoms with Crippen LogP contribution in [0.3, 0.4) is 0 Å². The van der Waals surface area contributed by atoms with Gasteiger partial charge in [0.2, 0.25) is 17.7 Å². The fourth-order valence-corrected chi connectivity index (χ4v) is 3.14. The number of alkyl halides is 3. The zero-order chi connectivity index (χ0) is 18.2. The predicted octanol–water partition coefficient (Wildman–Crippen LogP) is 0.417. The summed E-state index contributed by atoms with van der Waals surface area (Å²) in [4.78, 5) is 38.9. The summed E-state index contributed by atoms with van der Waals surface area (Å²) < 4.78 is 39.1. The number of nitrogens with zero attached hydrogens (tertiary/aromatic N) is 2. The summed E-state index contributed by atoms with van der Waals surface area (Å²) in [6.07, 6.45) is -4.94. The number of halogens is 3. The summed E-state index contributed by atoms with van der Waals surface area (Å²) in [5.74, 6) is -1.07. The number of hydrogen-bond acceptors (Lipinski definition) is 3. The number of carbonyl (C=O) groups is 3. The molecule has 1 aromatic rings. The third-order valence-corrected chi connectivity index (χ3v) is 4.43. The number of carbonyl (C=O) groups excluding carboxylic acids is 3. The fraction of sp³-hybridized carbons (Fsp3) is 0.438. The van der Waals surface area contributed by atoms with Crippen LogP contribution in [-0.2, 0) is 27.0 Å². The summed E-state index contributed by atoms with van der Waals surface area (Å²) in [5, 5.41) is 2.45. The van der Waals surface area contributed by atoms with Crippen molar-refractivity contribution in [3.63, 3.8) is 0 Å². The average molecular weight is 355 g/mol. The van der Waals surface area contributed by atoms with E-state index in [1.165, 1.54) is 28.0 Å². The van der Waals surface area contributed by atoms with E-state index in [1.807, 2.05) is 0 Å². The van der Waals surface area contributed by atoms with Crippen molar-refractivity contribution in [2.24, 2.45) is 0 Å². The van der Waals surface area contributed by atoms with Gasteiger partial charge in [0.1, 0.15) is 6.04 Å². The Balaban J connectivity index is 1.73. The first-order valence-electron chi connectivity index (χ1n) is 7.77. The van der Waals surface area contributed by atoms with Crippen molar-refractivity contribution >= 4 is 17.7 Å². The van der Waals surface area contributed by atoms with Gasteiger partial charge in [-0.1, -0.05) is 18.2 Å². The minimum Gasteiger partial charge on any atom is -0.345 e. The lowest BCUT2D eigenvalue weighted by Gasteiger charge is -2.43. The first-order chi connectivity index (χ1) is 11.8. The monoisotopic (exact) mass is 355 g/mol. The molecule has 25 heavy (non-hydrogen) atoms. The lowest BCUT2D eigenvalue weighted by molar-refractivity contribution is -0.152. The third-order valence-electron chi connectivity index (χ3n) is 4.43. The molecule has 2 aliphatic heterocycles. The number of piperazine rings is 2. The van der Waals surface area contributed by atoms with Gasteiger partial charge in [0.25, 0.3) is 0 Å². The quantitative estimate of drug-likeness (QED) is 0.836. The smallest absolute Gasteiger partial charge is 0.345 e. The van der Waals surface area contributed by atoms with Crippen molar-refractivity contribution in [1.29, 1.82) is 0 Å². The molecule has 0 unspecified atom stereocenters. The van der Waals surface area contributed by atoms with Gasteiger partial charge in [0.05, 0.1) is 25.1 Å². The minimum absolute atomic E-state index is 0.00933. The standard InChI is InChI=1S/C16H16F3N3O3/c17-16(18,19)11-4-2-1-3-10(11)7-13(23)21-5-6-22-12(9-21)15(25)20-8-14(22)24/h1-4,12H,5-9H2,(H,20,25)/t12-/m0/s1. The maximum atomic E-state index is 13.0. The highest BCUT2D eigenvalue weighted by atomic mass is 19.4. The molecular formula is C16H16F3N3O3. The van der Waals surface area contributed by atoms with Crippen molar-refractivity contribution in [3.8, 4) is 0 Å². The van der Waals surface area contributed by atoms with E-state index in [0.717, 1.165) is 6.07 Å². The van der Waals surface area contributed by atoms with E-state index in [4.69, 9.17) is 0 Å². The molecule has 0 aliphatic carbocycles. The Hall–Kier alpha value is -2.58. The fourth-order valence-electron chi connectivity index (χ4n) is 3.14. The van der Waals surface area contributed by atoms with Gasteiger partial charge in [-0.2, -0.15) is 13.2 Å². The molecule has 1 aromatic carbocycles. The summed E-state index contributed by atoms with van der Waals surface area (Å²) in [7, 11) is 0. The minimum atomic E-state index is -4.54. The maximum Gasteiger partial charge on any atom is 0.416 e. The number of amides is 3. The molecule has 2 saturated heterocycles. The molecule has 9 heteroatoms. The molecule has 3 rings (SSSR count). The van der Waals surface area contributed by atoms with Crippen molar-refractivity contribution in [2.75, 3.05) is 26.2 Å². The highest BCUT2D eigenvalue weighted by molar-refractivity contribution is 5.95. The van der Waals surface area contributed by atoms with Crippen LogP contribution in [0.25, 0.3) is 0 Å². The van der Waals surface area contributed by atoms with E-state index in [0.29, 0.717) is 0 Å². The molecule has 6 nitrogen and oxygen atoms in total. The highest BCUT2D eigenvalue weighted by Gasteiger charge is 2.40. The van der Waals surface area contributed by atoms with Crippen LogP contribution >= 0.6 is 0 Å². The molecule has 2 aliphatic rings. The van der Waals surface area contributed by atoms with Crippen LogP contribution in [0.15, 0.2) is 24.3 Å². The van der Waals surface area contributed by atoms with Crippen LogP contribution in [0.2, 0.25) is 0 Å². The van der Waals surface area contributed by atoms with E-state index in [9.17, 15) is 27.6 Å². The van der Waals surface area contributed by atoms with Crippen molar-refractivity contribution < 1.29 is 27.6 Å². The Labute approximate surface area is 141 Å². The second kappa shape index (κ2) is 6.38. The first-order valence-corrected chi connectivity index (χ1v) is 7.77. The largest absolute Gasteiger partial charge is 0.416 e. The Morgan fingerprint density at radius 2 is 1.92 bits per heavy atom. The summed E-state index contributed by atoms with van der Waals surface area (Å²) in [6, 6.07) is 4.15. The zero-order valence-electron chi connectivity index (χ0n) is 13.2. The number of rotatable bonds is 2. The van der Waals surface area contributed by atoms with Crippen LogP contribution in [0.5, 0.6) is 0 Å². The van der Waals surface area contributed by atoms with Crippen LogP contribution in [0.1, 0.15) is 11.1 Å². The van der Waals surface area contributed by atoms with Crippen molar-refractivity contribution in [1.82, 2.24) is 15.1 Å². The topological polar surface area (TPSA) is 69.7 Å². The molecule has 1 N–H and O–H groups in total. The highest BCUT2D eigenvalue weighted by Crippen LogP contribution is 2.32. The normalized spacial score (nSPS) is 21.0. The van der Waals surface area contributed by atoms with Gasteiger partial charge < -0.3 is 15.1 Å². The molecule has 0 spiro atoms. The van der Waals surface area contributed by atoms with Crippen LogP contribution in [0.4, 0.5) is 13.2 Å². The van der Waals surface area contributed by atoms with E-state index in [2.05, 4.69) is 5.32 Å². The van der Waals surface area contributed by atoms with Gasteiger partial charge >= 0.3 is 6.18 Å². The molecule has 0 radical (unpaired) electrons. The number of nitrogens with one attached hydrogen (secondary N) is 1. The Bertz CT molecular complexity index is 720. The van der Waals surface area contributed by atoms with Crippen LogP contribution in [-0.4, -0.2) is 59.7 Å². The molecule has 3 amide bonds. The number of benzene rings is 1. The van der Waals surface area contributed by atoms with Gasteiger partial charge in [0, 0.05) is 13.1 Å². The van der Waals surface area contributed by atoms with Crippen molar-refractivity contribution in [3.05, 3.63) is 35.4 Å². The van der Waals surface area contributed by atoms with E-state index in [1.54, 1.807) is 0 Å².